The summed E-state index contributed by atoms with van der Waals surface area (Å²) >= 11 is 0. The summed E-state index contributed by atoms with van der Waals surface area (Å²) in [6.07, 6.45) is 1.30. The molecule has 0 aromatic carbocycles. The van der Waals surface area contributed by atoms with E-state index in [2.05, 4.69) is 12.2 Å². The van der Waals surface area contributed by atoms with Crippen LogP contribution in [0.5, 0.6) is 0 Å². The minimum Gasteiger partial charge on any atom is -0.384 e. The standard InChI is InChI=1S/C8H17NO/c1-7-3-4-9-5-8(7)6-10-2/h7-9H,3-6H2,1-2H3/t7-,8-/m1/s1. The maximum atomic E-state index is 5.11. The molecular formula is C8H17NO. The van der Waals surface area contributed by atoms with Crippen LogP contribution in [0.15, 0.2) is 0 Å². The van der Waals surface area contributed by atoms with E-state index in [1.165, 1.54) is 13.0 Å². The van der Waals surface area contributed by atoms with Gasteiger partial charge in [-0.2, -0.15) is 0 Å². The Kier molecular flexibility index (Phi) is 3.16. The molecule has 0 spiro atoms. The summed E-state index contributed by atoms with van der Waals surface area (Å²) in [5, 5.41) is 3.37. The van der Waals surface area contributed by atoms with Gasteiger partial charge in [0.05, 0.1) is 6.61 Å². The highest BCUT2D eigenvalue weighted by molar-refractivity contribution is 4.74. The molecule has 0 saturated carbocycles. The Labute approximate surface area is 63.0 Å². The van der Waals surface area contributed by atoms with Crippen molar-refractivity contribution in [1.29, 1.82) is 0 Å². The predicted octanol–water partition coefficient (Wildman–Crippen LogP) is 0.878. The lowest BCUT2D eigenvalue weighted by Crippen LogP contribution is -2.37. The monoisotopic (exact) mass is 143 g/mol. The van der Waals surface area contributed by atoms with Gasteiger partial charge in [-0.15, -0.1) is 0 Å². The SMILES string of the molecule is COC[C@H]1CNCC[C@H]1C. The Bertz CT molecular complexity index is 93.3. The van der Waals surface area contributed by atoms with Crippen LogP contribution < -0.4 is 5.32 Å². The second-order valence-corrected chi connectivity index (χ2v) is 3.19. The van der Waals surface area contributed by atoms with Crippen molar-refractivity contribution < 1.29 is 4.74 Å². The average molecular weight is 143 g/mol. The molecule has 2 nitrogen and oxygen atoms in total. The van der Waals surface area contributed by atoms with E-state index in [9.17, 15) is 0 Å². The van der Waals surface area contributed by atoms with E-state index in [0.29, 0.717) is 0 Å². The number of ether oxygens (including phenoxy) is 1. The number of hydrogen-bond donors (Lipinski definition) is 1. The van der Waals surface area contributed by atoms with Crippen LogP contribution in [0, 0.1) is 11.8 Å². The summed E-state index contributed by atoms with van der Waals surface area (Å²) in [7, 11) is 1.78. The number of nitrogens with one attached hydrogen (secondary N) is 1. The second-order valence-electron chi connectivity index (χ2n) is 3.19. The topological polar surface area (TPSA) is 21.3 Å². The van der Waals surface area contributed by atoms with Crippen molar-refractivity contribution in [3.8, 4) is 0 Å². The summed E-state index contributed by atoms with van der Waals surface area (Å²) in [4.78, 5) is 0. The van der Waals surface area contributed by atoms with Crippen LogP contribution in [0.2, 0.25) is 0 Å². The van der Waals surface area contributed by atoms with Gasteiger partial charge < -0.3 is 10.1 Å². The third kappa shape index (κ3) is 1.96. The molecule has 0 radical (unpaired) electrons. The van der Waals surface area contributed by atoms with Crippen molar-refractivity contribution in [1.82, 2.24) is 5.32 Å². The van der Waals surface area contributed by atoms with Crippen molar-refractivity contribution in [3.63, 3.8) is 0 Å². The zero-order valence-electron chi connectivity index (χ0n) is 6.89. The molecule has 1 N–H and O–H groups in total. The number of hydrogen-bond acceptors (Lipinski definition) is 2. The van der Waals surface area contributed by atoms with E-state index < -0.39 is 0 Å². The summed E-state index contributed by atoms with van der Waals surface area (Å²) in [5.41, 5.74) is 0. The first-order chi connectivity index (χ1) is 4.84. The van der Waals surface area contributed by atoms with Crippen molar-refractivity contribution in [2.45, 2.75) is 13.3 Å². The molecule has 1 rings (SSSR count). The smallest absolute Gasteiger partial charge is 0.0505 e. The fourth-order valence-corrected chi connectivity index (χ4v) is 1.49. The van der Waals surface area contributed by atoms with Gasteiger partial charge in [0, 0.05) is 13.7 Å². The minimum atomic E-state index is 0.735. The molecule has 1 saturated heterocycles. The molecular weight excluding hydrogens is 126 g/mol. The van der Waals surface area contributed by atoms with Crippen molar-refractivity contribution in [2.24, 2.45) is 11.8 Å². The highest BCUT2D eigenvalue weighted by atomic mass is 16.5. The number of rotatable bonds is 2. The Morgan fingerprint density at radius 2 is 2.40 bits per heavy atom. The first-order valence-corrected chi connectivity index (χ1v) is 4.04. The lowest BCUT2D eigenvalue weighted by molar-refractivity contribution is 0.109. The van der Waals surface area contributed by atoms with Gasteiger partial charge in [0.2, 0.25) is 0 Å². The average Bonchev–Trinajstić information content (AvgIpc) is 1.94. The van der Waals surface area contributed by atoms with Gasteiger partial charge in [-0.05, 0) is 24.8 Å². The Hall–Kier alpha value is -0.0800. The molecule has 0 amide bonds. The molecule has 2 atom stereocenters. The summed E-state index contributed by atoms with van der Waals surface area (Å²) in [6, 6.07) is 0. The van der Waals surface area contributed by atoms with Gasteiger partial charge in [-0.25, -0.2) is 0 Å². The molecule has 1 fully saturated rings. The van der Waals surface area contributed by atoms with Gasteiger partial charge in [0.15, 0.2) is 0 Å². The quantitative estimate of drug-likeness (QED) is 0.619. The molecule has 1 aliphatic heterocycles. The lowest BCUT2D eigenvalue weighted by Gasteiger charge is -2.28. The molecule has 0 unspecified atom stereocenters. The molecule has 10 heavy (non-hydrogen) atoms. The fraction of sp³-hybridized carbons (Fsp3) is 1.00. The predicted molar refractivity (Wildman–Crippen MR) is 42.0 cm³/mol. The minimum absolute atomic E-state index is 0.735. The van der Waals surface area contributed by atoms with Crippen LogP contribution in [-0.4, -0.2) is 26.8 Å². The van der Waals surface area contributed by atoms with Gasteiger partial charge >= 0.3 is 0 Å². The maximum absolute atomic E-state index is 5.11. The summed E-state index contributed by atoms with van der Waals surface area (Å²) < 4.78 is 5.11. The van der Waals surface area contributed by atoms with E-state index in [0.717, 1.165) is 25.0 Å². The van der Waals surface area contributed by atoms with E-state index in [4.69, 9.17) is 4.74 Å². The molecule has 2 heteroatoms. The summed E-state index contributed by atoms with van der Waals surface area (Å²) in [6.45, 7) is 5.54. The molecule has 60 valence electrons. The lowest BCUT2D eigenvalue weighted by atomic mass is 9.89. The zero-order chi connectivity index (χ0) is 7.40. The van der Waals surface area contributed by atoms with Crippen LogP contribution in [0.1, 0.15) is 13.3 Å². The van der Waals surface area contributed by atoms with Crippen molar-refractivity contribution in [2.75, 3.05) is 26.8 Å². The van der Waals surface area contributed by atoms with E-state index in [1.807, 2.05) is 0 Å². The van der Waals surface area contributed by atoms with Crippen molar-refractivity contribution in [3.05, 3.63) is 0 Å². The third-order valence-electron chi connectivity index (χ3n) is 2.37. The van der Waals surface area contributed by atoms with Crippen LogP contribution in [0.3, 0.4) is 0 Å². The molecule has 0 aromatic heterocycles. The Morgan fingerprint density at radius 1 is 1.60 bits per heavy atom. The van der Waals surface area contributed by atoms with Crippen LogP contribution in [0.25, 0.3) is 0 Å². The maximum Gasteiger partial charge on any atom is 0.0505 e. The van der Waals surface area contributed by atoms with E-state index in [1.54, 1.807) is 7.11 Å². The molecule has 0 aromatic rings. The number of methoxy groups -OCH3 is 1. The van der Waals surface area contributed by atoms with Crippen LogP contribution >= 0.6 is 0 Å². The molecule has 1 aliphatic rings. The van der Waals surface area contributed by atoms with Gasteiger partial charge in [0.1, 0.15) is 0 Å². The molecule has 0 aliphatic carbocycles. The Balaban J connectivity index is 2.25. The van der Waals surface area contributed by atoms with Crippen LogP contribution in [-0.2, 0) is 4.74 Å². The number of piperidine rings is 1. The highest BCUT2D eigenvalue weighted by Crippen LogP contribution is 2.17. The third-order valence-corrected chi connectivity index (χ3v) is 2.37. The van der Waals surface area contributed by atoms with Gasteiger partial charge in [-0.3, -0.25) is 0 Å². The van der Waals surface area contributed by atoms with E-state index >= 15 is 0 Å². The van der Waals surface area contributed by atoms with Crippen LogP contribution in [0.4, 0.5) is 0 Å². The fourth-order valence-electron chi connectivity index (χ4n) is 1.49. The second kappa shape index (κ2) is 3.94. The first kappa shape index (κ1) is 8.02. The van der Waals surface area contributed by atoms with Gasteiger partial charge in [0.25, 0.3) is 0 Å². The largest absolute Gasteiger partial charge is 0.384 e. The van der Waals surface area contributed by atoms with E-state index in [-0.39, 0.29) is 0 Å². The Morgan fingerprint density at radius 3 is 3.00 bits per heavy atom. The van der Waals surface area contributed by atoms with Gasteiger partial charge in [-0.1, -0.05) is 6.92 Å². The molecule has 1 heterocycles. The summed E-state index contributed by atoms with van der Waals surface area (Å²) in [5.74, 6) is 1.57. The molecule has 0 bridgehead atoms. The zero-order valence-corrected chi connectivity index (χ0v) is 6.89. The normalized spacial score (nSPS) is 34.2. The first-order valence-electron chi connectivity index (χ1n) is 4.04. The highest BCUT2D eigenvalue weighted by Gasteiger charge is 2.19. The van der Waals surface area contributed by atoms with Crippen molar-refractivity contribution >= 4 is 0 Å².